The zero-order valence-corrected chi connectivity index (χ0v) is 13.7. The minimum Gasteiger partial charge on any atom is -0.338 e. The third-order valence-electron chi connectivity index (χ3n) is 4.98. The van der Waals surface area contributed by atoms with Gasteiger partial charge in [0.2, 0.25) is 5.91 Å². The first-order valence-electron chi connectivity index (χ1n) is 8.02. The van der Waals surface area contributed by atoms with E-state index < -0.39 is 0 Å². The number of nitrogens with zero attached hydrogens (tertiary/aromatic N) is 2. The van der Waals surface area contributed by atoms with Crippen LogP contribution in [0.15, 0.2) is 18.2 Å². The van der Waals surface area contributed by atoms with Crippen LogP contribution in [0.5, 0.6) is 0 Å². The quantitative estimate of drug-likeness (QED) is 0.850. The van der Waals surface area contributed by atoms with Gasteiger partial charge in [0.05, 0.1) is 0 Å². The van der Waals surface area contributed by atoms with Gasteiger partial charge in [-0.25, -0.2) is 4.39 Å². The molecule has 2 aliphatic rings. The van der Waals surface area contributed by atoms with Gasteiger partial charge in [0.25, 0.3) is 0 Å². The summed E-state index contributed by atoms with van der Waals surface area (Å²) in [5.41, 5.74) is 0.573. The molecule has 1 amide bonds. The molecule has 1 aromatic rings. The SMILES string of the molecule is CC(=O)N1CCC[C@H]1[C@@H]1CCCN1Cc1c(F)cccc1Cl. The molecule has 2 atom stereocenters. The average Bonchev–Trinajstić information content (AvgIpc) is 3.11. The smallest absolute Gasteiger partial charge is 0.219 e. The van der Waals surface area contributed by atoms with E-state index in [9.17, 15) is 9.18 Å². The maximum Gasteiger partial charge on any atom is 0.219 e. The van der Waals surface area contributed by atoms with E-state index in [4.69, 9.17) is 11.6 Å². The third-order valence-corrected chi connectivity index (χ3v) is 5.34. The van der Waals surface area contributed by atoms with E-state index in [2.05, 4.69) is 4.90 Å². The summed E-state index contributed by atoms with van der Waals surface area (Å²) in [5.74, 6) is -0.0914. The largest absolute Gasteiger partial charge is 0.338 e. The van der Waals surface area contributed by atoms with Crippen LogP contribution in [0.25, 0.3) is 0 Å². The summed E-state index contributed by atoms with van der Waals surface area (Å²) in [7, 11) is 0. The van der Waals surface area contributed by atoms with E-state index in [1.54, 1.807) is 19.1 Å². The molecule has 0 N–H and O–H groups in total. The summed E-state index contributed by atoms with van der Waals surface area (Å²) in [5, 5.41) is 0.487. The Morgan fingerprint density at radius 3 is 2.73 bits per heavy atom. The Bertz CT molecular complexity index is 545. The summed E-state index contributed by atoms with van der Waals surface area (Å²) in [6.07, 6.45) is 4.28. The minimum absolute atomic E-state index is 0.151. The fourth-order valence-corrected chi connectivity index (χ4v) is 4.18. The molecule has 2 fully saturated rings. The molecule has 22 heavy (non-hydrogen) atoms. The molecule has 0 radical (unpaired) electrons. The molecule has 2 saturated heterocycles. The first kappa shape index (κ1) is 15.8. The zero-order chi connectivity index (χ0) is 15.7. The summed E-state index contributed by atoms with van der Waals surface area (Å²) < 4.78 is 14.0. The van der Waals surface area contributed by atoms with Crippen LogP contribution < -0.4 is 0 Å². The molecule has 0 unspecified atom stereocenters. The fraction of sp³-hybridized carbons (Fsp3) is 0.588. The lowest BCUT2D eigenvalue weighted by atomic mass is 10.0. The summed E-state index contributed by atoms with van der Waals surface area (Å²) in [4.78, 5) is 16.1. The van der Waals surface area contributed by atoms with Crippen LogP contribution in [0.4, 0.5) is 4.39 Å². The lowest BCUT2D eigenvalue weighted by molar-refractivity contribution is -0.130. The number of hydrogen-bond acceptors (Lipinski definition) is 2. The van der Waals surface area contributed by atoms with E-state index >= 15 is 0 Å². The van der Waals surface area contributed by atoms with Gasteiger partial charge in [0, 0.05) is 42.7 Å². The van der Waals surface area contributed by atoms with Crippen LogP contribution in [0.1, 0.15) is 38.2 Å². The van der Waals surface area contributed by atoms with Crippen LogP contribution in [-0.2, 0) is 11.3 Å². The molecule has 0 bridgehead atoms. The molecular formula is C17H22ClFN2O. The van der Waals surface area contributed by atoms with Gasteiger partial charge in [0.1, 0.15) is 5.82 Å². The van der Waals surface area contributed by atoms with Crippen LogP contribution in [0.3, 0.4) is 0 Å². The highest BCUT2D eigenvalue weighted by Crippen LogP contribution is 2.32. The van der Waals surface area contributed by atoms with Gasteiger partial charge in [-0.15, -0.1) is 0 Å². The Balaban J connectivity index is 1.77. The van der Waals surface area contributed by atoms with Crippen molar-refractivity contribution in [2.75, 3.05) is 13.1 Å². The van der Waals surface area contributed by atoms with E-state index in [1.807, 2.05) is 4.90 Å². The molecule has 1 aromatic carbocycles. The number of carbonyl (C=O) groups excluding carboxylic acids is 1. The van der Waals surface area contributed by atoms with Crippen molar-refractivity contribution < 1.29 is 9.18 Å². The van der Waals surface area contributed by atoms with Crippen molar-refractivity contribution >= 4 is 17.5 Å². The monoisotopic (exact) mass is 324 g/mol. The minimum atomic E-state index is -0.243. The average molecular weight is 325 g/mol. The number of benzene rings is 1. The summed E-state index contributed by atoms with van der Waals surface area (Å²) in [6.45, 7) is 3.96. The highest BCUT2D eigenvalue weighted by atomic mass is 35.5. The molecule has 0 saturated carbocycles. The first-order valence-corrected chi connectivity index (χ1v) is 8.40. The van der Waals surface area contributed by atoms with Gasteiger partial charge >= 0.3 is 0 Å². The fourth-order valence-electron chi connectivity index (χ4n) is 3.95. The van der Waals surface area contributed by atoms with E-state index in [1.165, 1.54) is 6.07 Å². The Labute approximate surface area is 136 Å². The molecule has 0 aliphatic carbocycles. The Morgan fingerprint density at radius 1 is 1.27 bits per heavy atom. The number of rotatable bonds is 3. The molecule has 5 heteroatoms. The molecule has 120 valence electrons. The van der Waals surface area contributed by atoms with Crippen molar-refractivity contribution in [3.05, 3.63) is 34.6 Å². The third kappa shape index (κ3) is 2.99. The first-order chi connectivity index (χ1) is 10.6. The number of likely N-dealkylation sites (tertiary alicyclic amines) is 2. The molecule has 3 rings (SSSR count). The standard InChI is InChI=1S/C17H22ClFN2O/c1-12(22)21-10-4-8-17(21)16-7-3-9-20(16)11-13-14(18)5-2-6-15(13)19/h2,5-6,16-17H,3-4,7-11H2,1H3/t16-,17-/m0/s1. The second kappa shape index (κ2) is 6.55. The Hall–Kier alpha value is -1.13. The van der Waals surface area contributed by atoms with Crippen molar-refractivity contribution in [2.24, 2.45) is 0 Å². The highest BCUT2D eigenvalue weighted by Gasteiger charge is 2.38. The summed E-state index contributed by atoms with van der Waals surface area (Å²) >= 11 is 6.16. The molecule has 0 spiro atoms. The highest BCUT2D eigenvalue weighted by molar-refractivity contribution is 6.31. The zero-order valence-electron chi connectivity index (χ0n) is 12.9. The van der Waals surface area contributed by atoms with Crippen LogP contribution >= 0.6 is 11.6 Å². The predicted octanol–water partition coefficient (Wildman–Crippen LogP) is 3.45. The molecular weight excluding hydrogens is 303 g/mol. The number of halogens is 2. The van der Waals surface area contributed by atoms with E-state index in [0.717, 1.165) is 38.8 Å². The molecule has 3 nitrogen and oxygen atoms in total. The normalized spacial score (nSPS) is 25.9. The van der Waals surface area contributed by atoms with Crippen LogP contribution in [-0.4, -0.2) is 40.9 Å². The van der Waals surface area contributed by atoms with E-state index in [0.29, 0.717) is 23.2 Å². The van der Waals surface area contributed by atoms with Gasteiger partial charge in [0.15, 0.2) is 0 Å². The second-order valence-electron chi connectivity index (χ2n) is 6.30. The lowest BCUT2D eigenvalue weighted by Crippen LogP contribution is -2.47. The van der Waals surface area contributed by atoms with Crippen LogP contribution in [0, 0.1) is 5.82 Å². The van der Waals surface area contributed by atoms with Gasteiger partial charge in [-0.3, -0.25) is 9.69 Å². The summed E-state index contributed by atoms with van der Waals surface area (Å²) in [6, 6.07) is 5.43. The molecule has 2 heterocycles. The number of hydrogen-bond donors (Lipinski definition) is 0. The Kier molecular flexibility index (Phi) is 4.69. The second-order valence-corrected chi connectivity index (χ2v) is 6.71. The van der Waals surface area contributed by atoms with Gasteiger partial charge in [-0.2, -0.15) is 0 Å². The number of amides is 1. The maximum atomic E-state index is 14.0. The molecule has 0 aromatic heterocycles. The molecule has 2 aliphatic heterocycles. The lowest BCUT2D eigenvalue weighted by Gasteiger charge is -2.34. The number of carbonyl (C=O) groups is 1. The van der Waals surface area contributed by atoms with Gasteiger partial charge in [-0.05, 0) is 44.4 Å². The predicted molar refractivity (Wildman–Crippen MR) is 85.3 cm³/mol. The maximum absolute atomic E-state index is 14.0. The van der Waals surface area contributed by atoms with Gasteiger partial charge < -0.3 is 4.90 Å². The van der Waals surface area contributed by atoms with Crippen LogP contribution in [0.2, 0.25) is 5.02 Å². The van der Waals surface area contributed by atoms with Crippen molar-refractivity contribution in [1.29, 1.82) is 0 Å². The Morgan fingerprint density at radius 2 is 2.00 bits per heavy atom. The van der Waals surface area contributed by atoms with Crippen molar-refractivity contribution in [2.45, 2.75) is 51.2 Å². The van der Waals surface area contributed by atoms with Crippen molar-refractivity contribution in [3.8, 4) is 0 Å². The van der Waals surface area contributed by atoms with Gasteiger partial charge in [-0.1, -0.05) is 17.7 Å². The topological polar surface area (TPSA) is 23.6 Å². The van der Waals surface area contributed by atoms with E-state index in [-0.39, 0.29) is 17.8 Å². The van der Waals surface area contributed by atoms with Crippen molar-refractivity contribution in [1.82, 2.24) is 9.80 Å². The van der Waals surface area contributed by atoms with Crippen molar-refractivity contribution in [3.63, 3.8) is 0 Å².